The fourth-order valence-electron chi connectivity index (χ4n) is 2.91. The third-order valence-electron chi connectivity index (χ3n) is 4.67. The summed E-state index contributed by atoms with van der Waals surface area (Å²) in [7, 11) is 0. The highest BCUT2D eigenvalue weighted by molar-refractivity contribution is 5.46. The van der Waals surface area contributed by atoms with E-state index < -0.39 is 23.0 Å². The van der Waals surface area contributed by atoms with Gasteiger partial charge in [0.25, 0.3) is 0 Å². The molecule has 0 amide bonds. The lowest BCUT2D eigenvalue weighted by molar-refractivity contribution is 0.339. The molecule has 39 heavy (non-hydrogen) atoms. The second-order valence-electron chi connectivity index (χ2n) is 7.37. The summed E-state index contributed by atoms with van der Waals surface area (Å²) in [5, 5.41) is 25.9. The van der Waals surface area contributed by atoms with Gasteiger partial charge in [-0.15, -0.1) is 0 Å². The third-order valence-corrected chi connectivity index (χ3v) is 4.67. The standard InChI is InChI=1S/C15H12FNO2.C8H10O2.C7H3F2N/c1-2-18-11-6-8-12(9-7-11)19-15-5-3-4-14(16)13(15)10-17;1-2-10-8-5-3-7(9)4-6-8;8-6-2-1-3-7(9)5(6)4-10/h3-9H,2H2,1H3;3-6,9H,2H2,1H3;1-3H. The molecular weight excluding hydrogens is 509 g/mol. The van der Waals surface area contributed by atoms with Crippen LogP contribution in [0, 0.1) is 40.1 Å². The molecule has 0 unspecified atom stereocenters. The highest BCUT2D eigenvalue weighted by Crippen LogP contribution is 2.28. The number of rotatable bonds is 6. The van der Waals surface area contributed by atoms with Crippen LogP contribution in [-0.4, -0.2) is 18.3 Å². The van der Waals surface area contributed by atoms with E-state index in [0.29, 0.717) is 19.0 Å². The Morgan fingerprint density at radius 1 is 0.615 bits per heavy atom. The number of phenols is 1. The Labute approximate surface area is 224 Å². The first-order valence-electron chi connectivity index (χ1n) is 11.7. The van der Waals surface area contributed by atoms with E-state index in [2.05, 4.69) is 0 Å². The van der Waals surface area contributed by atoms with Crippen molar-refractivity contribution < 1.29 is 32.5 Å². The molecule has 0 radical (unpaired) electrons. The molecule has 0 aliphatic carbocycles. The van der Waals surface area contributed by atoms with Crippen LogP contribution < -0.4 is 14.2 Å². The van der Waals surface area contributed by atoms with Crippen LogP contribution in [0.1, 0.15) is 25.0 Å². The SMILES string of the molecule is CCOc1ccc(O)cc1.CCOc1ccc(Oc2cccc(F)c2C#N)cc1.N#Cc1c(F)cccc1F. The Kier molecular flexibility index (Phi) is 12.2. The van der Waals surface area contributed by atoms with Crippen molar-refractivity contribution in [2.45, 2.75) is 13.8 Å². The van der Waals surface area contributed by atoms with Crippen LogP contribution in [0.25, 0.3) is 0 Å². The topological polar surface area (TPSA) is 95.5 Å². The molecule has 6 nitrogen and oxygen atoms in total. The minimum atomic E-state index is -0.817. The molecule has 9 heteroatoms. The third kappa shape index (κ3) is 9.67. The lowest BCUT2D eigenvalue weighted by Crippen LogP contribution is -1.93. The Bertz CT molecular complexity index is 1390. The molecule has 4 rings (SSSR count). The number of hydrogen-bond acceptors (Lipinski definition) is 6. The van der Waals surface area contributed by atoms with Gasteiger partial charge in [0.05, 0.1) is 13.2 Å². The van der Waals surface area contributed by atoms with Gasteiger partial charge in [-0.05, 0) is 86.6 Å². The first kappa shape index (κ1) is 30.1. The van der Waals surface area contributed by atoms with Crippen molar-refractivity contribution in [3.05, 3.63) is 114 Å². The van der Waals surface area contributed by atoms with Crippen molar-refractivity contribution in [3.8, 4) is 40.9 Å². The second-order valence-corrected chi connectivity index (χ2v) is 7.37. The lowest BCUT2D eigenvalue weighted by Gasteiger charge is -2.08. The van der Waals surface area contributed by atoms with Crippen LogP contribution in [0.4, 0.5) is 13.2 Å². The van der Waals surface area contributed by atoms with E-state index >= 15 is 0 Å². The minimum absolute atomic E-state index is 0.101. The number of phenolic OH excluding ortho intramolecular Hbond substituents is 1. The zero-order chi connectivity index (χ0) is 28.6. The maximum Gasteiger partial charge on any atom is 0.148 e. The van der Waals surface area contributed by atoms with Gasteiger partial charge in [0, 0.05) is 0 Å². The zero-order valence-corrected chi connectivity index (χ0v) is 21.2. The molecule has 200 valence electrons. The fourth-order valence-corrected chi connectivity index (χ4v) is 2.91. The van der Waals surface area contributed by atoms with E-state index in [1.807, 2.05) is 13.8 Å². The van der Waals surface area contributed by atoms with Crippen LogP contribution in [-0.2, 0) is 0 Å². The molecular formula is C30H25F3N2O4. The lowest BCUT2D eigenvalue weighted by atomic mass is 10.2. The summed E-state index contributed by atoms with van der Waals surface area (Å²) in [5.74, 6) is 0.284. The van der Waals surface area contributed by atoms with E-state index in [1.165, 1.54) is 24.3 Å². The van der Waals surface area contributed by atoms with Crippen LogP contribution in [0.3, 0.4) is 0 Å². The monoisotopic (exact) mass is 534 g/mol. The summed E-state index contributed by atoms with van der Waals surface area (Å²) in [6.07, 6.45) is 0. The van der Waals surface area contributed by atoms with Gasteiger partial charge in [0.15, 0.2) is 0 Å². The van der Waals surface area contributed by atoms with Crippen molar-refractivity contribution in [2.24, 2.45) is 0 Å². The number of aromatic hydroxyl groups is 1. The Morgan fingerprint density at radius 3 is 1.46 bits per heavy atom. The predicted octanol–water partition coefficient (Wildman–Crippen LogP) is 7.52. The van der Waals surface area contributed by atoms with Crippen LogP contribution >= 0.6 is 0 Å². The first-order chi connectivity index (χ1) is 18.8. The van der Waals surface area contributed by atoms with E-state index in [0.717, 1.165) is 23.6 Å². The number of nitrogens with zero attached hydrogens (tertiary/aromatic N) is 2. The van der Waals surface area contributed by atoms with Gasteiger partial charge < -0.3 is 19.3 Å². The van der Waals surface area contributed by atoms with E-state index in [-0.39, 0.29) is 17.1 Å². The van der Waals surface area contributed by atoms with Gasteiger partial charge in [-0.1, -0.05) is 12.1 Å². The van der Waals surface area contributed by atoms with Crippen molar-refractivity contribution in [2.75, 3.05) is 13.2 Å². The van der Waals surface area contributed by atoms with E-state index in [1.54, 1.807) is 60.7 Å². The molecule has 4 aromatic rings. The van der Waals surface area contributed by atoms with Crippen molar-refractivity contribution >= 4 is 0 Å². The predicted molar refractivity (Wildman–Crippen MR) is 139 cm³/mol. The molecule has 0 aliphatic heterocycles. The second kappa shape index (κ2) is 15.9. The normalized spacial score (nSPS) is 9.41. The van der Waals surface area contributed by atoms with Crippen LogP contribution in [0.15, 0.2) is 84.9 Å². The molecule has 0 saturated heterocycles. The first-order valence-corrected chi connectivity index (χ1v) is 11.7. The summed E-state index contributed by atoms with van der Waals surface area (Å²) in [6.45, 7) is 5.07. The average Bonchev–Trinajstić information content (AvgIpc) is 2.92. The molecule has 1 N–H and O–H groups in total. The summed E-state index contributed by atoms with van der Waals surface area (Å²) >= 11 is 0. The number of ether oxygens (including phenoxy) is 3. The van der Waals surface area contributed by atoms with Crippen molar-refractivity contribution in [1.82, 2.24) is 0 Å². The van der Waals surface area contributed by atoms with Crippen LogP contribution in [0.2, 0.25) is 0 Å². The highest BCUT2D eigenvalue weighted by Gasteiger charge is 2.09. The molecule has 0 aliphatic rings. The largest absolute Gasteiger partial charge is 0.508 e. The van der Waals surface area contributed by atoms with Crippen LogP contribution in [0.5, 0.6) is 28.7 Å². The Balaban J connectivity index is 0.000000225. The fraction of sp³-hybridized carbons (Fsp3) is 0.133. The average molecular weight is 535 g/mol. The smallest absolute Gasteiger partial charge is 0.148 e. The molecule has 0 fully saturated rings. The number of nitriles is 2. The number of hydrogen-bond donors (Lipinski definition) is 1. The Morgan fingerprint density at radius 2 is 1.03 bits per heavy atom. The molecule has 4 aromatic carbocycles. The van der Waals surface area contributed by atoms with Crippen molar-refractivity contribution in [3.63, 3.8) is 0 Å². The van der Waals surface area contributed by atoms with Gasteiger partial charge in [-0.3, -0.25) is 0 Å². The van der Waals surface area contributed by atoms with E-state index in [4.69, 9.17) is 29.8 Å². The van der Waals surface area contributed by atoms with Gasteiger partial charge in [-0.25, -0.2) is 13.2 Å². The quantitative estimate of drug-likeness (QED) is 0.275. The summed E-state index contributed by atoms with van der Waals surface area (Å²) in [4.78, 5) is 0. The minimum Gasteiger partial charge on any atom is -0.508 e. The maximum absolute atomic E-state index is 13.4. The van der Waals surface area contributed by atoms with Gasteiger partial charge in [-0.2, -0.15) is 10.5 Å². The highest BCUT2D eigenvalue weighted by atomic mass is 19.1. The molecule has 0 aromatic heterocycles. The molecule has 0 atom stereocenters. The summed E-state index contributed by atoms with van der Waals surface area (Å²) in [5.41, 5.74) is -0.626. The number of benzene rings is 4. The molecule has 0 saturated carbocycles. The van der Waals surface area contributed by atoms with Gasteiger partial charge >= 0.3 is 0 Å². The molecule has 0 heterocycles. The zero-order valence-electron chi connectivity index (χ0n) is 21.2. The summed E-state index contributed by atoms with van der Waals surface area (Å²) < 4.78 is 54.1. The molecule has 0 bridgehead atoms. The Hall–Kier alpha value is -5.15. The van der Waals surface area contributed by atoms with E-state index in [9.17, 15) is 13.2 Å². The van der Waals surface area contributed by atoms with Crippen molar-refractivity contribution in [1.29, 1.82) is 10.5 Å². The maximum atomic E-state index is 13.4. The number of halogens is 3. The molecule has 0 spiro atoms. The summed E-state index contributed by atoms with van der Waals surface area (Å²) in [6, 6.07) is 24.4. The van der Waals surface area contributed by atoms with Gasteiger partial charge in [0.1, 0.15) is 69.5 Å². The van der Waals surface area contributed by atoms with Gasteiger partial charge in [0.2, 0.25) is 0 Å².